The van der Waals surface area contributed by atoms with Gasteiger partial charge in [0.2, 0.25) is 0 Å². The Morgan fingerprint density at radius 3 is 2.65 bits per heavy atom. The van der Waals surface area contributed by atoms with Crippen LogP contribution in [-0.2, 0) is 9.53 Å². The van der Waals surface area contributed by atoms with Crippen LogP contribution in [0.4, 0.5) is 0 Å². The molecular weight excluding hydrogens is 242 g/mol. The lowest BCUT2D eigenvalue weighted by Crippen LogP contribution is -2.39. The highest BCUT2D eigenvalue weighted by Gasteiger charge is 2.18. The maximum Gasteiger partial charge on any atom is 0.328 e. The van der Waals surface area contributed by atoms with Crippen LogP contribution in [0.25, 0.3) is 0 Å². The van der Waals surface area contributed by atoms with E-state index in [0.29, 0.717) is 10.6 Å². The lowest BCUT2D eigenvalue weighted by atomic mass is 10.1. The molecule has 5 heteroatoms. The number of hydrogen-bond acceptors (Lipinski definition) is 3. The average molecular weight is 256 g/mol. The first-order chi connectivity index (χ1) is 7.95. The van der Waals surface area contributed by atoms with Crippen LogP contribution < -0.4 is 5.32 Å². The molecule has 0 aliphatic rings. The number of carbonyl (C=O) groups is 2. The quantitative estimate of drug-likeness (QED) is 0.840. The minimum Gasteiger partial charge on any atom is -0.467 e. The molecule has 1 amide bonds. The summed E-state index contributed by atoms with van der Waals surface area (Å²) in [7, 11) is 1.27. The van der Waals surface area contributed by atoms with E-state index in [2.05, 4.69) is 10.1 Å². The fourth-order valence-electron chi connectivity index (χ4n) is 1.35. The second kappa shape index (κ2) is 5.68. The molecule has 0 aliphatic heterocycles. The highest BCUT2D eigenvalue weighted by Crippen LogP contribution is 2.15. The van der Waals surface area contributed by atoms with Crippen molar-refractivity contribution in [3.63, 3.8) is 0 Å². The fraction of sp³-hybridized carbons (Fsp3) is 0.333. The van der Waals surface area contributed by atoms with E-state index in [0.717, 1.165) is 5.56 Å². The van der Waals surface area contributed by atoms with Crippen LogP contribution in [-0.4, -0.2) is 25.0 Å². The predicted octanol–water partition coefficient (Wildman–Crippen LogP) is 1.94. The van der Waals surface area contributed by atoms with Gasteiger partial charge in [0.1, 0.15) is 6.04 Å². The Balaban J connectivity index is 2.83. The summed E-state index contributed by atoms with van der Waals surface area (Å²) in [6.45, 7) is 3.36. The van der Waals surface area contributed by atoms with Gasteiger partial charge in [-0.1, -0.05) is 17.7 Å². The average Bonchev–Trinajstić information content (AvgIpc) is 2.30. The summed E-state index contributed by atoms with van der Waals surface area (Å²) in [6, 6.07) is 4.33. The van der Waals surface area contributed by atoms with E-state index in [9.17, 15) is 9.59 Å². The lowest BCUT2D eigenvalue weighted by molar-refractivity contribution is -0.142. The van der Waals surface area contributed by atoms with Gasteiger partial charge in [-0.2, -0.15) is 0 Å². The largest absolute Gasteiger partial charge is 0.467 e. The van der Waals surface area contributed by atoms with E-state index in [1.807, 2.05) is 0 Å². The number of benzene rings is 1. The van der Waals surface area contributed by atoms with E-state index in [-0.39, 0.29) is 5.91 Å². The van der Waals surface area contributed by atoms with Crippen LogP contribution >= 0.6 is 11.6 Å². The minimum absolute atomic E-state index is 0.345. The summed E-state index contributed by atoms with van der Waals surface area (Å²) < 4.78 is 4.52. The van der Waals surface area contributed by atoms with E-state index in [4.69, 9.17) is 11.6 Å². The Hall–Kier alpha value is -1.55. The summed E-state index contributed by atoms with van der Waals surface area (Å²) in [5.41, 5.74) is 1.25. The van der Waals surface area contributed by atoms with Gasteiger partial charge in [0.15, 0.2) is 0 Å². The van der Waals surface area contributed by atoms with Gasteiger partial charge in [-0.05, 0) is 31.5 Å². The van der Waals surface area contributed by atoms with Gasteiger partial charge in [-0.3, -0.25) is 4.79 Å². The zero-order valence-corrected chi connectivity index (χ0v) is 10.7. The van der Waals surface area contributed by atoms with Crippen molar-refractivity contribution in [3.05, 3.63) is 34.3 Å². The standard InChI is InChI=1S/C12H14ClNO3/c1-7-4-5-9(13)6-10(7)11(15)14-8(2)12(16)17-3/h4-6,8H,1-3H3,(H,14,15). The summed E-state index contributed by atoms with van der Waals surface area (Å²) in [6.07, 6.45) is 0. The number of carbonyl (C=O) groups excluding carboxylic acids is 2. The molecule has 0 fully saturated rings. The van der Waals surface area contributed by atoms with Crippen molar-refractivity contribution in [1.29, 1.82) is 0 Å². The molecule has 0 heterocycles. The molecule has 1 N–H and O–H groups in total. The number of hydrogen-bond donors (Lipinski definition) is 1. The Bertz CT molecular complexity index is 445. The van der Waals surface area contributed by atoms with Crippen LogP contribution in [0.15, 0.2) is 18.2 Å². The Morgan fingerprint density at radius 1 is 1.41 bits per heavy atom. The minimum atomic E-state index is -0.689. The molecule has 1 unspecified atom stereocenters. The molecule has 1 rings (SSSR count). The molecule has 0 saturated heterocycles. The van der Waals surface area contributed by atoms with Crippen LogP contribution in [0.2, 0.25) is 5.02 Å². The molecule has 1 aromatic rings. The van der Waals surface area contributed by atoms with Gasteiger partial charge in [-0.25, -0.2) is 4.79 Å². The Morgan fingerprint density at radius 2 is 2.06 bits per heavy atom. The van der Waals surface area contributed by atoms with Crippen molar-refractivity contribution >= 4 is 23.5 Å². The second-order valence-electron chi connectivity index (χ2n) is 3.68. The third-order valence-corrected chi connectivity index (χ3v) is 2.58. The zero-order chi connectivity index (χ0) is 13.0. The summed E-state index contributed by atoms with van der Waals surface area (Å²) >= 11 is 5.82. The summed E-state index contributed by atoms with van der Waals surface area (Å²) in [4.78, 5) is 23.0. The predicted molar refractivity (Wildman–Crippen MR) is 65.1 cm³/mol. The van der Waals surface area contributed by atoms with Crippen molar-refractivity contribution in [2.24, 2.45) is 0 Å². The number of rotatable bonds is 3. The summed E-state index contributed by atoms with van der Waals surface area (Å²) in [5.74, 6) is -0.832. The van der Waals surface area contributed by atoms with Gasteiger partial charge in [0.05, 0.1) is 7.11 Å². The van der Waals surface area contributed by atoms with Crippen LogP contribution in [0.5, 0.6) is 0 Å². The number of aryl methyl sites for hydroxylation is 1. The number of nitrogens with one attached hydrogen (secondary N) is 1. The molecule has 0 radical (unpaired) electrons. The summed E-state index contributed by atoms with van der Waals surface area (Å²) in [5, 5.41) is 3.02. The molecule has 0 bridgehead atoms. The molecule has 1 aromatic carbocycles. The van der Waals surface area contributed by atoms with Gasteiger partial charge < -0.3 is 10.1 Å². The van der Waals surface area contributed by atoms with E-state index in [1.165, 1.54) is 7.11 Å². The van der Waals surface area contributed by atoms with Gasteiger partial charge in [-0.15, -0.1) is 0 Å². The van der Waals surface area contributed by atoms with E-state index < -0.39 is 12.0 Å². The number of halogens is 1. The fourth-order valence-corrected chi connectivity index (χ4v) is 1.52. The van der Waals surface area contributed by atoms with Crippen molar-refractivity contribution in [1.82, 2.24) is 5.32 Å². The van der Waals surface area contributed by atoms with Gasteiger partial charge in [0.25, 0.3) is 5.91 Å². The normalized spacial score (nSPS) is 11.8. The van der Waals surface area contributed by atoms with Crippen molar-refractivity contribution < 1.29 is 14.3 Å². The molecule has 0 saturated carbocycles. The van der Waals surface area contributed by atoms with E-state index in [1.54, 1.807) is 32.0 Å². The maximum atomic E-state index is 11.9. The van der Waals surface area contributed by atoms with Gasteiger partial charge >= 0.3 is 5.97 Å². The van der Waals surface area contributed by atoms with Crippen LogP contribution in [0.3, 0.4) is 0 Å². The molecule has 4 nitrogen and oxygen atoms in total. The molecule has 92 valence electrons. The highest BCUT2D eigenvalue weighted by atomic mass is 35.5. The van der Waals surface area contributed by atoms with Crippen molar-refractivity contribution in [3.8, 4) is 0 Å². The third-order valence-electron chi connectivity index (χ3n) is 2.35. The zero-order valence-electron chi connectivity index (χ0n) is 9.91. The molecule has 0 aromatic heterocycles. The first-order valence-electron chi connectivity index (χ1n) is 5.10. The molecular formula is C12H14ClNO3. The topological polar surface area (TPSA) is 55.4 Å². The molecule has 1 atom stereocenters. The number of esters is 1. The van der Waals surface area contributed by atoms with E-state index >= 15 is 0 Å². The second-order valence-corrected chi connectivity index (χ2v) is 4.11. The lowest BCUT2D eigenvalue weighted by Gasteiger charge is -2.12. The smallest absolute Gasteiger partial charge is 0.328 e. The van der Waals surface area contributed by atoms with Crippen molar-refractivity contribution in [2.75, 3.05) is 7.11 Å². The first kappa shape index (κ1) is 13.5. The first-order valence-corrected chi connectivity index (χ1v) is 5.48. The SMILES string of the molecule is COC(=O)C(C)NC(=O)c1cc(Cl)ccc1C. The molecule has 17 heavy (non-hydrogen) atoms. The van der Waals surface area contributed by atoms with Crippen LogP contribution in [0.1, 0.15) is 22.8 Å². The van der Waals surface area contributed by atoms with Crippen molar-refractivity contribution in [2.45, 2.75) is 19.9 Å². The highest BCUT2D eigenvalue weighted by molar-refractivity contribution is 6.31. The number of ether oxygens (including phenoxy) is 1. The molecule has 0 aliphatic carbocycles. The number of amides is 1. The van der Waals surface area contributed by atoms with Crippen LogP contribution in [0, 0.1) is 6.92 Å². The number of methoxy groups -OCH3 is 1. The Kier molecular flexibility index (Phi) is 4.52. The van der Waals surface area contributed by atoms with Gasteiger partial charge in [0, 0.05) is 10.6 Å². The third kappa shape index (κ3) is 3.46. The molecule has 0 spiro atoms. The monoisotopic (exact) mass is 255 g/mol. The maximum absolute atomic E-state index is 11.9. The Labute approximate surface area is 105 Å².